The lowest BCUT2D eigenvalue weighted by Gasteiger charge is -2.36. The summed E-state index contributed by atoms with van der Waals surface area (Å²) in [6, 6.07) is 4.03. The maximum atomic E-state index is 12.1. The summed E-state index contributed by atoms with van der Waals surface area (Å²) in [6.07, 6.45) is 3.51. The number of aromatic nitrogens is 2. The van der Waals surface area contributed by atoms with E-state index in [1.165, 1.54) is 0 Å². The van der Waals surface area contributed by atoms with Gasteiger partial charge in [0.15, 0.2) is 5.82 Å². The van der Waals surface area contributed by atoms with Gasteiger partial charge in [-0.3, -0.25) is 0 Å². The fourth-order valence-corrected chi connectivity index (χ4v) is 2.63. The number of anilines is 1. The van der Waals surface area contributed by atoms with E-state index in [1.54, 1.807) is 4.90 Å². The van der Waals surface area contributed by atoms with Crippen molar-refractivity contribution in [3.05, 3.63) is 24.5 Å². The molecule has 0 radical (unpaired) electrons. The molecule has 118 valence electrons. The SMILES string of the molecule is CC(C)(C)OC(=O)N1CCN(c2nccc3cc[nH]c23)CC1. The molecule has 6 heteroatoms. The summed E-state index contributed by atoms with van der Waals surface area (Å²) in [4.78, 5) is 23.8. The van der Waals surface area contributed by atoms with E-state index in [9.17, 15) is 4.79 Å². The molecule has 1 fully saturated rings. The highest BCUT2D eigenvalue weighted by Crippen LogP contribution is 2.24. The molecule has 6 nitrogen and oxygen atoms in total. The van der Waals surface area contributed by atoms with Crippen LogP contribution in [0.4, 0.5) is 10.6 Å². The number of rotatable bonds is 1. The second-order valence-electron chi connectivity index (χ2n) is 6.53. The van der Waals surface area contributed by atoms with Crippen LogP contribution < -0.4 is 4.90 Å². The lowest BCUT2D eigenvalue weighted by molar-refractivity contribution is 0.0240. The number of nitrogens with one attached hydrogen (secondary N) is 1. The molecule has 1 amide bonds. The zero-order chi connectivity index (χ0) is 15.7. The maximum Gasteiger partial charge on any atom is 0.410 e. The molecule has 1 saturated heterocycles. The third-order valence-corrected chi connectivity index (χ3v) is 3.68. The number of ether oxygens (including phenoxy) is 1. The van der Waals surface area contributed by atoms with Crippen LogP contribution in [0.2, 0.25) is 0 Å². The van der Waals surface area contributed by atoms with Gasteiger partial charge >= 0.3 is 6.09 Å². The first-order valence-corrected chi connectivity index (χ1v) is 7.59. The molecule has 0 spiro atoms. The fraction of sp³-hybridized carbons (Fsp3) is 0.500. The molecular formula is C16H22N4O2. The molecule has 22 heavy (non-hydrogen) atoms. The molecule has 1 N–H and O–H groups in total. The Morgan fingerprint density at radius 1 is 1.23 bits per heavy atom. The van der Waals surface area contributed by atoms with Crippen LogP contribution in [0.3, 0.4) is 0 Å². The number of nitrogens with zero attached hydrogens (tertiary/aromatic N) is 3. The molecule has 0 atom stereocenters. The predicted octanol–water partition coefficient (Wildman–Crippen LogP) is 2.62. The molecular weight excluding hydrogens is 280 g/mol. The Morgan fingerprint density at radius 3 is 2.64 bits per heavy atom. The molecule has 0 saturated carbocycles. The zero-order valence-corrected chi connectivity index (χ0v) is 13.3. The van der Waals surface area contributed by atoms with Crippen LogP contribution in [-0.4, -0.2) is 52.7 Å². The molecule has 0 bridgehead atoms. The van der Waals surface area contributed by atoms with Gasteiger partial charge in [0.1, 0.15) is 5.60 Å². The minimum Gasteiger partial charge on any atom is -0.444 e. The number of piperazine rings is 1. The predicted molar refractivity (Wildman–Crippen MR) is 86.1 cm³/mol. The zero-order valence-electron chi connectivity index (χ0n) is 13.3. The topological polar surface area (TPSA) is 61.5 Å². The number of hydrogen-bond acceptors (Lipinski definition) is 4. The van der Waals surface area contributed by atoms with Crippen LogP contribution in [0.15, 0.2) is 24.5 Å². The van der Waals surface area contributed by atoms with Crippen molar-refractivity contribution in [1.82, 2.24) is 14.9 Å². The Morgan fingerprint density at radius 2 is 1.95 bits per heavy atom. The summed E-state index contributed by atoms with van der Waals surface area (Å²) < 4.78 is 5.42. The van der Waals surface area contributed by atoms with Crippen molar-refractivity contribution in [2.75, 3.05) is 31.1 Å². The second kappa shape index (κ2) is 5.51. The Bertz CT molecular complexity index is 666. The number of H-pyrrole nitrogens is 1. The number of amides is 1. The summed E-state index contributed by atoms with van der Waals surface area (Å²) in [6.45, 7) is 8.46. The fourth-order valence-electron chi connectivity index (χ4n) is 2.63. The van der Waals surface area contributed by atoms with Crippen molar-refractivity contribution in [3.8, 4) is 0 Å². The number of aromatic amines is 1. The third kappa shape index (κ3) is 3.00. The van der Waals surface area contributed by atoms with Gasteiger partial charge in [0.2, 0.25) is 0 Å². The molecule has 2 aromatic rings. The number of carbonyl (C=O) groups is 1. The van der Waals surface area contributed by atoms with E-state index in [0.29, 0.717) is 13.1 Å². The number of pyridine rings is 1. The van der Waals surface area contributed by atoms with Crippen LogP contribution in [0.1, 0.15) is 20.8 Å². The Labute approximate surface area is 130 Å². The Balaban J connectivity index is 1.67. The highest BCUT2D eigenvalue weighted by Gasteiger charge is 2.26. The van der Waals surface area contributed by atoms with E-state index < -0.39 is 5.60 Å². The first kappa shape index (κ1) is 14.7. The minimum atomic E-state index is -0.453. The van der Waals surface area contributed by atoms with Gasteiger partial charge in [-0.2, -0.15) is 0 Å². The van der Waals surface area contributed by atoms with Crippen molar-refractivity contribution in [2.24, 2.45) is 0 Å². The summed E-state index contributed by atoms with van der Waals surface area (Å²) in [5.41, 5.74) is 0.597. The number of fused-ring (bicyclic) bond motifs is 1. The smallest absolute Gasteiger partial charge is 0.410 e. The van der Waals surface area contributed by atoms with Gasteiger partial charge in [0.05, 0.1) is 5.52 Å². The van der Waals surface area contributed by atoms with Crippen LogP contribution in [0.5, 0.6) is 0 Å². The van der Waals surface area contributed by atoms with Crippen LogP contribution in [-0.2, 0) is 4.74 Å². The van der Waals surface area contributed by atoms with E-state index >= 15 is 0 Å². The van der Waals surface area contributed by atoms with Gasteiger partial charge in [0.25, 0.3) is 0 Å². The van der Waals surface area contributed by atoms with E-state index in [2.05, 4.69) is 14.9 Å². The molecule has 3 rings (SSSR count). The summed E-state index contributed by atoms with van der Waals surface area (Å²) in [5, 5.41) is 1.15. The third-order valence-electron chi connectivity index (χ3n) is 3.68. The number of carbonyl (C=O) groups excluding carboxylic acids is 1. The average molecular weight is 302 g/mol. The van der Waals surface area contributed by atoms with Gasteiger partial charge in [-0.25, -0.2) is 9.78 Å². The summed E-state index contributed by atoms with van der Waals surface area (Å²) >= 11 is 0. The maximum absolute atomic E-state index is 12.1. The van der Waals surface area contributed by atoms with Gasteiger partial charge < -0.3 is 19.5 Å². The molecule has 2 aromatic heterocycles. The monoisotopic (exact) mass is 302 g/mol. The van der Waals surface area contributed by atoms with Crippen LogP contribution in [0.25, 0.3) is 10.9 Å². The Hall–Kier alpha value is -2.24. The first-order chi connectivity index (χ1) is 10.4. The molecule has 0 aromatic carbocycles. The van der Waals surface area contributed by atoms with Crippen molar-refractivity contribution in [3.63, 3.8) is 0 Å². The lowest BCUT2D eigenvalue weighted by Crippen LogP contribution is -2.50. The number of hydrogen-bond donors (Lipinski definition) is 1. The molecule has 3 heterocycles. The standard InChI is InChI=1S/C16H22N4O2/c1-16(2,3)22-15(21)20-10-8-19(9-11-20)14-13-12(4-6-17-13)5-7-18-14/h4-7,17H,8-11H2,1-3H3. The van der Waals surface area contributed by atoms with E-state index in [0.717, 1.165) is 29.8 Å². The van der Waals surface area contributed by atoms with Gasteiger partial charge in [-0.05, 0) is 32.9 Å². The first-order valence-electron chi connectivity index (χ1n) is 7.59. The average Bonchev–Trinajstić information content (AvgIpc) is 2.94. The van der Waals surface area contributed by atoms with Gasteiger partial charge in [0, 0.05) is 44.0 Å². The van der Waals surface area contributed by atoms with Crippen molar-refractivity contribution in [1.29, 1.82) is 0 Å². The van der Waals surface area contributed by atoms with E-state index in [4.69, 9.17) is 4.74 Å². The largest absolute Gasteiger partial charge is 0.444 e. The van der Waals surface area contributed by atoms with Gasteiger partial charge in [-0.15, -0.1) is 0 Å². The summed E-state index contributed by atoms with van der Waals surface area (Å²) in [7, 11) is 0. The van der Waals surface area contributed by atoms with Crippen molar-refractivity contribution < 1.29 is 9.53 Å². The van der Waals surface area contributed by atoms with E-state index in [1.807, 2.05) is 45.3 Å². The highest BCUT2D eigenvalue weighted by atomic mass is 16.6. The highest BCUT2D eigenvalue weighted by molar-refractivity contribution is 5.89. The Kier molecular flexibility index (Phi) is 3.68. The van der Waals surface area contributed by atoms with Crippen molar-refractivity contribution >= 4 is 22.8 Å². The molecule has 1 aliphatic rings. The normalized spacial score (nSPS) is 16.1. The van der Waals surface area contributed by atoms with Crippen molar-refractivity contribution in [2.45, 2.75) is 26.4 Å². The lowest BCUT2D eigenvalue weighted by atomic mass is 10.2. The van der Waals surface area contributed by atoms with E-state index in [-0.39, 0.29) is 6.09 Å². The van der Waals surface area contributed by atoms with Gasteiger partial charge in [-0.1, -0.05) is 0 Å². The molecule has 0 aliphatic carbocycles. The molecule has 0 unspecified atom stereocenters. The van der Waals surface area contributed by atoms with Crippen LogP contribution in [0, 0.1) is 0 Å². The molecule has 1 aliphatic heterocycles. The minimum absolute atomic E-state index is 0.238. The van der Waals surface area contributed by atoms with Crippen LogP contribution >= 0.6 is 0 Å². The second-order valence-corrected chi connectivity index (χ2v) is 6.53. The quantitative estimate of drug-likeness (QED) is 0.879. The summed E-state index contributed by atoms with van der Waals surface area (Å²) in [5.74, 6) is 0.950.